The zero-order chi connectivity index (χ0) is 7.42. The van der Waals surface area contributed by atoms with Crippen molar-refractivity contribution in [3.8, 4) is 0 Å². The highest BCUT2D eigenvalue weighted by molar-refractivity contribution is 7.73. The van der Waals surface area contributed by atoms with Crippen molar-refractivity contribution < 1.29 is 0 Å². The Labute approximate surface area is 74.5 Å². The predicted molar refractivity (Wildman–Crippen MR) is 48.8 cm³/mol. The van der Waals surface area contributed by atoms with Crippen LogP contribution in [-0.4, -0.2) is 4.98 Å². The van der Waals surface area contributed by atoms with Gasteiger partial charge >= 0.3 is 0 Å². The Balaban J connectivity index is 2.29. The first kappa shape index (κ1) is 6.38. The van der Waals surface area contributed by atoms with Crippen molar-refractivity contribution in [2.75, 3.05) is 0 Å². The van der Waals surface area contributed by atoms with E-state index in [1.807, 2.05) is 0 Å². The molecule has 1 heterocycles. The average molecular weight is 183 g/mol. The quantitative estimate of drug-likeness (QED) is 0.611. The molecule has 2 aliphatic carbocycles. The third-order valence-corrected chi connectivity index (χ3v) is 4.33. The van der Waals surface area contributed by atoms with E-state index in [1.54, 1.807) is 16.2 Å². The number of hydrogen-bond acceptors (Lipinski definition) is 2. The minimum Gasteiger partial charge on any atom is -0.340 e. The molecule has 2 unspecified atom stereocenters. The van der Waals surface area contributed by atoms with Gasteiger partial charge in [-0.1, -0.05) is 0 Å². The number of rotatable bonds is 0. The van der Waals surface area contributed by atoms with Crippen LogP contribution in [0.5, 0.6) is 0 Å². The Hall–Kier alpha value is -0.150. The van der Waals surface area contributed by atoms with Crippen LogP contribution < -0.4 is 0 Å². The number of nitrogens with one attached hydrogen (secondary N) is 1. The summed E-state index contributed by atoms with van der Waals surface area (Å²) in [5.41, 5.74) is 1.48. The largest absolute Gasteiger partial charge is 0.340 e. The van der Waals surface area contributed by atoms with Crippen molar-refractivity contribution in [2.45, 2.75) is 31.1 Å². The minimum atomic E-state index is 0.836. The summed E-state index contributed by atoms with van der Waals surface area (Å²) in [6.07, 6.45) is 4.19. The van der Waals surface area contributed by atoms with E-state index < -0.39 is 0 Å². The highest BCUT2D eigenvalue weighted by atomic mass is 32.1. The molecule has 0 aromatic carbocycles. The average Bonchev–Trinajstić information content (AvgIpc) is 2.53. The Bertz CT molecular complexity index is 319. The van der Waals surface area contributed by atoms with E-state index in [0.717, 1.165) is 15.8 Å². The van der Waals surface area contributed by atoms with Crippen LogP contribution in [0, 0.1) is 3.95 Å². The van der Waals surface area contributed by atoms with Crippen molar-refractivity contribution in [1.29, 1.82) is 0 Å². The smallest absolute Gasteiger partial charge is 0.158 e. The molecule has 2 bridgehead atoms. The fraction of sp³-hybridized carbons (Fsp3) is 0.625. The monoisotopic (exact) mass is 183 g/mol. The summed E-state index contributed by atoms with van der Waals surface area (Å²) in [6, 6.07) is 0. The number of H-pyrrole nitrogens is 1. The van der Waals surface area contributed by atoms with Crippen LogP contribution in [0.3, 0.4) is 0 Å². The van der Waals surface area contributed by atoms with Crippen LogP contribution in [-0.2, 0) is 0 Å². The van der Waals surface area contributed by atoms with E-state index in [0.29, 0.717) is 0 Å². The third kappa shape index (κ3) is 0.729. The SMILES string of the molecule is S=c1[nH]c2c(s1)C1CCC2C1. The molecule has 1 nitrogen and oxygen atoms in total. The Kier molecular flexibility index (Phi) is 1.13. The fourth-order valence-corrected chi connectivity index (χ4v) is 3.89. The number of thiazole rings is 1. The van der Waals surface area contributed by atoms with Crippen molar-refractivity contribution >= 4 is 23.6 Å². The van der Waals surface area contributed by atoms with Gasteiger partial charge in [-0.2, -0.15) is 0 Å². The first-order valence-corrected chi connectivity index (χ1v) is 5.30. The maximum Gasteiger partial charge on any atom is 0.158 e. The van der Waals surface area contributed by atoms with E-state index in [9.17, 15) is 0 Å². The van der Waals surface area contributed by atoms with E-state index in [4.69, 9.17) is 12.2 Å². The number of aromatic nitrogens is 1. The Morgan fingerprint density at radius 3 is 3.00 bits per heavy atom. The lowest BCUT2D eigenvalue weighted by Crippen LogP contribution is -1.93. The van der Waals surface area contributed by atoms with E-state index in [1.165, 1.54) is 25.0 Å². The molecule has 3 rings (SSSR count). The van der Waals surface area contributed by atoms with E-state index >= 15 is 0 Å². The van der Waals surface area contributed by atoms with Crippen molar-refractivity contribution in [3.05, 3.63) is 14.5 Å². The molecule has 1 saturated carbocycles. The second-order valence-electron chi connectivity index (χ2n) is 3.50. The van der Waals surface area contributed by atoms with Crippen molar-refractivity contribution in [2.24, 2.45) is 0 Å². The normalized spacial score (nSPS) is 32.7. The van der Waals surface area contributed by atoms with Gasteiger partial charge in [0.15, 0.2) is 3.95 Å². The van der Waals surface area contributed by atoms with Gasteiger partial charge in [0, 0.05) is 16.5 Å². The summed E-state index contributed by atoms with van der Waals surface area (Å²) in [4.78, 5) is 4.90. The lowest BCUT2D eigenvalue weighted by atomic mass is 10.0. The lowest BCUT2D eigenvalue weighted by Gasteiger charge is -2.07. The van der Waals surface area contributed by atoms with Gasteiger partial charge in [-0.25, -0.2) is 0 Å². The molecule has 0 spiro atoms. The van der Waals surface area contributed by atoms with Gasteiger partial charge < -0.3 is 4.98 Å². The van der Waals surface area contributed by atoms with Crippen LogP contribution in [0.1, 0.15) is 41.7 Å². The Morgan fingerprint density at radius 1 is 1.36 bits per heavy atom. The molecule has 0 amide bonds. The van der Waals surface area contributed by atoms with Crippen molar-refractivity contribution in [3.63, 3.8) is 0 Å². The number of fused-ring (bicyclic) bond motifs is 5. The molecule has 0 radical (unpaired) electrons. The predicted octanol–water partition coefficient (Wildman–Crippen LogP) is 3.17. The number of aromatic amines is 1. The van der Waals surface area contributed by atoms with Gasteiger partial charge in [0.05, 0.1) is 0 Å². The third-order valence-electron chi connectivity index (χ3n) is 2.92. The van der Waals surface area contributed by atoms with Crippen LogP contribution in [0.15, 0.2) is 0 Å². The first-order chi connectivity index (χ1) is 5.34. The standard InChI is InChI=1S/C8H9NS2/c10-8-9-6-4-1-2-5(3-4)7(6)11-8/h4-5H,1-3H2,(H,9,10). The van der Waals surface area contributed by atoms with E-state index in [2.05, 4.69) is 4.98 Å². The first-order valence-electron chi connectivity index (χ1n) is 4.07. The summed E-state index contributed by atoms with van der Waals surface area (Å²) in [7, 11) is 0. The van der Waals surface area contributed by atoms with Crippen LogP contribution in [0.25, 0.3) is 0 Å². The zero-order valence-electron chi connectivity index (χ0n) is 6.09. The molecule has 0 aliphatic heterocycles. The van der Waals surface area contributed by atoms with Gasteiger partial charge in [0.25, 0.3) is 0 Å². The lowest BCUT2D eigenvalue weighted by molar-refractivity contribution is 0.708. The summed E-state index contributed by atoms with van der Waals surface area (Å²) < 4.78 is 0.978. The van der Waals surface area contributed by atoms with Gasteiger partial charge in [-0.3, -0.25) is 0 Å². The van der Waals surface area contributed by atoms with Crippen molar-refractivity contribution in [1.82, 2.24) is 4.98 Å². The summed E-state index contributed by atoms with van der Waals surface area (Å²) in [5.74, 6) is 1.70. The highest BCUT2D eigenvalue weighted by Crippen LogP contribution is 2.54. The van der Waals surface area contributed by atoms with Gasteiger partial charge in [0.1, 0.15) is 0 Å². The van der Waals surface area contributed by atoms with Crippen LogP contribution >= 0.6 is 23.6 Å². The summed E-state index contributed by atoms with van der Waals surface area (Å²) >= 11 is 6.92. The topological polar surface area (TPSA) is 15.8 Å². The molecule has 1 N–H and O–H groups in total. The molecular weight excluding hydrogens is 174 g/mol. The maximum absolute atomic E-state index is 5.12. The zero-order valence-corrected chi connectivity index (χ0v) is 7.73. The highest BCUT2D eigenvalue weighted by Gasteiger charge is 2.38. The molecule has 1 aromatic rings. The molecule has 58 valence electrons. The molecule has 1 fully saturated rings. The van der Waals surface area contributed by atoms with Gasteiger partial charge in [-0.05, 0) is 37.4 Å². The second-order valence-corrected chi connectivity index (χ2v) is 5.22. The van der Waals surface area contributed by atoms with Gasteiger partial charge in [0.2, 0.25) is 0 Å². The second kappa shape index (κ2) is 1.96. The number of hydrogen-bond donors (Lipinski definition) is 1. The molecule has 0 saturated heterocycles. The maximum atomic E-state index is 5.12. The Morgan fingerprint density at radius 2 is 2.18 bits per heavy atom. The summed E-state index contributed by atoms with van der Waals surface area (Å²) in [5, 5.41) is 0. The van der Waals surface area contributed by atoms with Gasteiger partial charge in [-0.15, -0.1) is 11.3 Å². The molecular formula is C8H9NS2. The molecule has 1 aromatic heterocycles. The molecule has 3 heteroatoms. The molecule has 2 atom stereocenters. The van der Waals surface area contributed by atoms with Crippen LogP contribution in [0.4, 0.5) is 0 Å². The fourth-order valence-electron chi connectivity index (χ4n) is 2.44. The van der Waals surface area contributed by atoms with Crippen LogP contribution in [0.2, 0.25) is 0 Å². The minimum absolute atomic E-state index is 0.836. The summed E-state index contributed by atoms with van der Waals surface area (Å²) in [6.45, 7) is 0. The molecule has 2 aliphatic rings. The van der Waals surface area contributed by atoms with E-state index in [-0.39, 0.29) is 0 Å². The molecule has 11 heavy (non-hydrogen) atoms.